The van der Waals surface area contributed by atoms with Gasteiger partial charge in [0.15, 0.2) is 0 Å². The molecule has 164 valence electrons. The molecule has 0 unspecified atom stereocenters. The molecule has 0 saturated carbocycles. The van der Waals surface area contributed by atoms with Gasteiger partial charge in [0.2, 0.25) is 0 Å². The van der Waals surface area contributed by atoms with Crippen LogP contribution >= 0.6 is 7.05 Å². The molecule has 30 heavy (non-hydrogen) atoms. The van der Waals surface area contributed by atoms with E-state index < -0.39 is 7.05 Å². The van der Waals surface area contributed by atoms with E-state index in [1.165, 1.54) is 11.3 Å². The second-order valence-electron chi connectivity index (χ2n) is 10.5. The predicted molar refractivity (Wildman–Crippen MR) is 136 cm³/mol. The van der Waals surface area contributed by atoms with Crippen LogP contribution in [0.3, 0.4) is 0 Å². The summed E-state index contributed by atoms with van der Waals surface area (Å²) in [7, 11) is -1.58. The van der Waals surface area contributed by atoms with E-state index in [0.717, 1.165) is 6.42 Å². The van der Waals surface area contributed by atoms with Crippen LogP contribution in [0.2, 0.25) is 0 Å². The quantitative estimate of drug-likeness (QED) is 0.243. The molecule has 3 heteroatoms. The molecule has 1 nitrogen and oxygen atoms in total. The van der Waals surface area contributed by atoms with E-state index in [1.54, 1.807) is 6.08 Å². The van der Waals surface area contributed by atoms with Gasteiger partial charge in [0, 0.05) is 33.8 Å². The monoisotopic (exact) mass is 459 g/mol. The van der Waals surface area contributed by atoms with Crippen molar-refractivity contribution < 1.29 is 21.7 Å². The van der Waals surface area contributed by atoms with E-state index in [-0.39, 0.29) is 37.2 Å². The van der Waals surface area contributed by atoms with E-state index in [2.05, 4.69) is 99.3 Å². The van der Waals surface area contributed by atoms with Gasteiger partial charge in [-0.15, -0.1) is 0 Å². The van der Waals surface area contributed by atoms with Crippen molar-refractivity contribution in [3.05, 3.63) is 78.6 Å². The second kappa shape index (κ2) is 11.7. The molecule has 0 spiro atoms. The Labute approximate surface area is 201 Å². The molecule has 0 N–H and O–H groups in total. The van der Waals surface area contributed by atoms with Crippen LogP contribution in [0.4, 0.5) is 0 Å². The molecule has 0 atom stereocenters. The Bertz CT molecular complexity index is 764. The maximum absolute atomic E-state index is 5.43. The zero-order valence-corrected chi connectivity index (χ0v) is 23.1. The number of hydrogen-bond donors (Lipinski definition) is 0. The normalized spacial score (nSPS) is 14.5. The standard InChI is InChI=1S/C17H32NP.C10H10.Ti/c1-15(2,3)19(16(4,5)6,17(7,8)9)18-14-12-10-11-13-14;1-2-3-7-10-8-5-4-6-9-10;/h10-12H,13H2,1-9H3;2-9H,1H2;. The van der Waals surface area contributed by atoms with Gasteiger partial charge in [-0.05, 0) is 34.2 Å². The first kappa shape index (κ1) is 29.1. The van der Waals surface area contributed by atoms with E-state index in [1.807, 2.05) is 30.4 Å². The minimum atomic E-state index is -1.58. The molecule has 0 fully saturated rings. The van der Waals surface area contributed by atoms with Crippen LogP contribution in [0.5, 0.6) is 0 Å². The molecule has 1 aromatic carbocycles. The summed E-state index contributed by atoms with van der Waals surface area (Å²) in [6.07, 6.45) is 13.3. The first-order chi connectivity index (χ1) is 13.3. The van der Waals surface area contributed by atoms with Crippen LogP contribution in [0, 0.1) is 0 Å². The summed E-state index contributed by atoms with van der Waals surface area (Å²) in [5.74, 6) is 0. The van der Waals surface area contributed by atoms with Crippen LogP contribution in [0.15, 0.2) is 77.7 Å². The topological polar surface area (TPSA) is 12.4 Å². The molecule has 0 saturated heterocycles. The number of hydrogen-bond acceptors (Lipinski definition) is 1. The Hall–Kier alpha value is -0.876. The van der Waals surface area contributed by atoms with Gasteiger partial charge in [0.05, 0.1) is 0 Å². The SMILES string of the molecule is C=CC=Cc1ccccc1.CC(C)(C)P(=NC1=CC=CC1)(C(C)(C)C)C(C)(C)C.[Ti]. The molecule has 1 aliphatic rings. The van der Waals surface area contributed by atoms with Crippen molar-refractivity contribution in [2.24, 2.45) is 4.74 Å². The molecule has 0 amide bonds. The smallest absolute Gasteiger partial charge is 0.0425 e. The van der Waals surface area contributed by atoms with Gasteiger partial charge in [-0.2, -0.15) is 0 Å². The third kappa shape index (κ3) is 7.37. The largest absolute Gasteiger partial charge is 0.270 e. The van der Waals surface area contributed by atoms with Gasteiger partial charge in [0.1, 0.15) is 0 Å². The van der Waals surface area contributed by atoms with Crippen molar-refractivity contribution in [2.75, 3.05) is 0 Å². The van der Waals surface area contributed by atoms with Crippen molar-refractivity contribution in [2.45, 2.75) is 84.2 Å². The molecule has 0 aromatic heterocycles. The Morgan fingerprint density at radius 3 is 1.73 bits per heavy atom. The number of nitrogens with zero attached hydrogens (tertiary/aromatic N) is 1. The number of rotatable bonds is 3. The number of allylic oxidation sites excluding steroid dienone is 5. The Kier molecular flexibility index (Phi) is 11.3. The van der Waals surface area contributed by atoms with Crippen LogP contribution in [-0.2, 0) is 21.7 Å². The fourth-order valence-corrected chi connectivity index (χ4v) is 12.4. The van der Waals surface area contributed by atoms with E-state index in [9.17, 15) is 0 Å². The van der Waals surface area contributed by atoms with Crippen LogP contribution in [-0.4, -0.2) is 15.5 Å². The van der Waals surface area contributed by atoms with Gasteiger partial charge in [-0.3, -0.25) is 4.74 Å². The van der Waals surface area contributed by atoms with E-state index in [0.29, 0.717) is 0 Å². The Morgan fingerprint density at radius 1 is 0.867 bits per heavy atom. The predicted octanol–water partition coefficient (Wildman–Crippen LogP) is 9.31. The molecule has 0 radical (unpaired) electrons. The van der Waals surface area contributed by atoms with Crippen molar-refractivity contribution in [3.8, 4) is 0 Å². The molecular weight excluding hydrogens is 417 g/mol. The summed E-state index contributed by atoms with van der Waals surface area (Å²) in [5.41, 5.74) is 2.48. The maximum Gasteiger partial charge on any atom is 0.0425 e. The molecule has 1 aromatic rings. The number of benzene rings is 1. The molecule has 0 aliphatic heterocycles. The zero-order valence-electron chi connectivity index (χ0n) is 20.7. The maximum atomic E-state index is 5.43. The van der Waals surface area contributed by atoms with Crippen LogP contribution < -0.4 is 0 Å². The van der Waals surface area contributed by atoms with E-state index >= 15 is 0 Å². The summed E-state index contributed by atoms with van der Waals surface area (Å²) >= 11 is 0. The average Bonchev–Trinajstić information content (AvgIpc) is 3.09. The van der Waals surface area contributed by atoms with Gasteiger partial charge >= 0.3 is 0 Å². The molecule has 0 bridgehead atoms. The summed E-state index contributed by atoms with van der Waals surface area (Å²) in [6, 6.07) is 10.1. The van der Waals surface area contributed by atoms with Crippen molar-refractivity contribution in [3.63, 3.8) is 0 Å². The van der Waals surface area contributed by atoms with Crippen molar-refractivity contribution in [1.29, 1.82) is 0 Å². The van der Waals surface area contributed by atoms with Crippen LogP contribution in [0.25, 0.3) is 6.08 Å². The minimum Gasteiger partial charge on any atom is -0.270 e. The van der Waals surface area contributed by atoms with Crippen LogP contribution in [0.1, 0.15) is 74.3 Å². The van der Waals surface area contributed by atoms with Gasteiger partial charge in [-0.25, -0.2) is 0 Å². The zero-order chi connectivity index (χ0) is 22.3. The fourth-order valence-electron chi connectivity index (χ4n) is 4.91. The van der Waals surface area contributed by atoms with E-state index in [4.69, 9.17) is 4.74 Å². The van der Waals surface area contributed by atoms with Gasteiger partial charge in [-0.1, -0.05) is 130 Å². The average molecular weight is 459 g/mol. The summed E-state index contributed by atoms with van der Waals surface area (Å²) in [6.45, 7) is 25.0. The fraction of sp³-hybridized carbons (Fsp3) is 0.481. The Balaban J connectivity index is 0.000000646. The minimum absolute atomic E-state index is 0. The molecule has 1 aliphatic carbocycles. The third-order valence-corrected chi connectivity index (χ3v) is 11.5. The first-order valence-corrected chi connectivity index (χ1v) is 12.3. The molecule has 2 rings (SSSR count). The summed E-state index contributed by atoms with van der Waals surface area (Å²) in [5, 5.41) is 0.646. The first-order valence-electron chi connectivity index (χ1n) is 10.6. The Morgan fingerprint density at radius 2 is 1.37 bits per heavy atom. The van der Waals surface area contributed by atoms with Crippen molar-refractivity contribution >= 4 is 13.1 Å². The van der Waals surface area contributed by atoms with Gasteiger partial charge < -0.3 is 0 Å². The third-order valence-electron chi connectivity index (χ3n) is 5.17. The molecular formula is C27H42NPTi. The summed E-state index contributed by atoms with van der Waals surface area (Å²) < 4.78 is 5.43. The second-order valence-corrected chi connectivity index (χ2v) is 16.0. The summed E-state index contributed by atoms with van der Waals surface area (Å²) in [4.78, 5) is 0. The van der Waals surface area contributed by atoms with Gasteiger partial charge in [0.25, 0.3) is 0 Å². The molecule has 0 heterocycles. The van der Waals surface area contributed by atoms with Crippen molar-refractivity contribution in [1.82, 2.24) is 0 Å².